The largest absolute Gasteiger partial charge is 0.416 e. The molecule has 4 nitrogen and oxygen atoms in total. The van der Waals surface area contributed by atoms with Gasteiger partial charge in [0, 0.05) is 23.5 Å². The molecule has 178 valence electrons. The molecule has 0 saturated heterocycles. The van der Waals surface area contributed by atoms with Crippen LogP contribution in [0.1, 0.15) is 60.1 Å². The molecule has 2 rings (SSSR count). The summed E-state index contributed by atoms with van der Waals surface area (Å²) >= 11 is 3.12. The van der Waals surface area contributed by atoms with Crippen LogP contribution in [0.4, 0.5) is 17.6 Å². The highest BCUT2D eigenvalue weighted by Gasteiger charge is 2.72. The van der Waals surface area contributed by atoms with Crippen molar-refractivity contribution in [3.05, 3.63) is 28.2 Å². The predicted molar refractivity (Wildman–Crippen MR) is 121 cm³/mol. The van der Waals surface area contributed by atoms with Gasteiger partial charge in [-0.25, -0.2) is 13.3 Å². The fourth-order valence-corrected chi connectivity index (χ4v) is 6.03. The van der Waals surface area contributed by atoms with Gasteiger partial charge in [-0.1, -0.05) is 20.8 Å². The van der Waals surface area contributed by atoms with Gasteiger partial charge in [0.1, 0.15) is 5.82 Å². The van der Waals surface area contributed by atoms with Gasteiger partial charge in [0.05, 0.1) is 27.0 Å². The number of nitrogens with zero attached hydrogens (tertiary/aromatic N) is 1. The van der Waals surface area contributed by atoms with Crippen LogP contribution in [-0.4, -0.2) is 34.0 Å². The molecular weight excluding hydrogens is 516 g/mol. The van der Waals surface area contributed by atoms with Gasteiger partial charge in [-0.15, -0.1) is 0 Å². The first-order valence-electron chi connectivity index (χ1n) is 9.94. The molecular formula is C20H31BrF4N2O2SSi. The molecule has 0 radical (unpaired) electrons. The zero-order valence-electron chi connectivity index (χ0n) is 19.1. The Bertz CT molecular complexity index is 860. The van der Waals surface area contributed by atoms with Crippen molar-refractivity contribution in [3.8, 4) is 0 Å². The molecule has 1 aliphatic carbocycles. The van der Waals surface area contributed by atoms with Gasteiger partial charge < -0.3 is 4.43 Å². The van der Waals surface area contributed by atoms with Crippen molar-refractivity contribution >= 4 is 35.2 Å². The molecule has 0 unspecified atom stereocenters. The summed E-state index contributed by atoms with van der Waals surface area (Å²) < 4.78 is 79.0. The quantitative estimate of drug-likeness (QED) is 0.346. The summed E-state index contributed by atoms with van der Waals surface area (Å²) in [6.07, 6.45) is -4.57. The Labute approximate surface area is 193 Å². The second kappa shape index (κ2) is 8.14. The maximum Gasteiger partial charge on any atom is 0.416 e. The number of halogens is 5. The molecule has 11 heteroatoms. The minimum Gasteiger partial charge on any atom is -0.403 e. The van der Waals surface area contributed by atoms with Crippen molar-refractivity contribution < 1.29 is 26.2 Å². The fraction of sp³-hybridized carbons (Fsp3) is 0.750. The Morgan fingerprint density at radius 2 is 1.68 bits per heavy atom. The molecule has 0 aliphatic heterocycles. The van der Waals surface area contributed by atoms with Crippen molar-refractivity contribution in [2.24, 2.45) is 0 Å². The van der Waals surface area contributed by atoms with Crippen molar-refractivity contribution in [3.63, 3.8) is 0 Å². The number of hydrogen-bond donors (Lipinski definition) is 1. The lowest BCUT2D eigenvalue weighted by Crippen LogP contribution is -2.72. The highest BCUT2D eigenvalue weighted by atomic mass is 79.9. The third kappa shape index (κ3) is 5.25. The number of aromatic nitrogens is 1. The Hall–Kier alpha value is -0.363. The second-order valence-corrected chi connectivity index (χ2v) is 18.4. The number of alkyl halides is 3. The van der Waals surface area contributed by atoms with Crippen molar-refractivity contribution in [1.29, 1.82) is 0 Å². The predicted octanol–water partition coefficient (Wildman–Crippen LogP) is 6.35. The van der Waals surface area contributed by atoms with Gasteiger partial charge in [0.2, 0.25) is 0 Å². The molecule has 1 aromatic heterocycles. The molecule has 1 saturated carbocycles. The van der Waals surface area contributed by atoms with E-state index in [-0.39, 0.29) is 5.69 Å². The van der Waals surface area contributed by atoms with Crippen molar-refractivity contribution in [2.75, 3.05) is 0 Å². The minimum atomic E-state index is -4.68. The van der Waals surface area contributed by atoms with Crippen LogP contribution in [0, 0.1) is 5.82 Å². The van der Waals surface area contributed by atoms with Crippen LogP contribution in [0.25, 0.3) is 0 Å². The van der Waals surface area contributed by atoms with E-state index in [1.54, 1.807) is 33.9 Å². The standard InChI is InChI=1S/C20H31BrF4N2O2SSi/c1-16(2,3)30(28)27-18(15-14(22)9-13(21)10-26-15)11-19(12-18,20(23,24)25)29-31(7,8)17(4,5)6/h9-10,27H,11-12H2,1-8H3/t18?,19?,30-/m1/s1. The molecule has 1 heterocycles. The average Bonchev–Trinajstić information content (AvgIpc) is 2.48. The molecule has 0 spiro atoms. The van der Waals surface area contributed by atoms with E-state index in [4.69, 9.17) is 4.43 Å². The summed E-state index contributed by atoms with van der Waals surface area (Å²) in [5.41, 5.74) is -4.22. The molecule has 1 aliphatic rings. The monoisotopic (exact) mass is 546 g/mol. The Balaban J connectivity index is 2.56. The molecule has 0 aromatic carbocycles. The lowest BCUT2D eigenvalue weighted by atomic mass is 9.63. The first kappa shape index (κ1) is 26.9. The third-order valence-electron chi connectivity index (χ3n) is 6.05. The topological polar surface area (TPSA) is 51.2 Å². The molecule has 31 heavy (non-hydrogen) atoms. The van der Waals surface area contributed by atoms with Gasteiger partial charge >= 0.3 is 6.18 Å². The number of rotatable bonds is 5. The fourth-order valence-electron chi connectivity index (χ4n) is 3.28. The molecule has 1 aromatic rings. The molecule has 1 atom stereocenters. The van der Waals surface area contributed by atoms with E-state index in [9.17, 15) is 21.8 Å². The van der Waals surface area contributed by atoms with Crippen LogP contribution in [0.15, 0.2) is 16.7 Å². The summed E-state index contributed by atoms with van der Waals surface area (Å²) in [4.78, 5) is 4.07. The minimum absolute atomic E-state index is 0.188. The van der Waals surface area contributed by atoms with Crippen LogP contribution in [0.5, 0.6) is 0 Å². The smallest absolute Gasteiger partial charge is 0.403 e. The second-order valence-electron chi connectivity index (χ2n) is 10.8. The lowest BCUT2D eigenvalue weighted by Gasteiger charge is -2.59. The number of hydrogen-bond acceptors (Lipinski definition) is 3. The van der Waals surface area contributed by atoms with Crippen LogP contribution >= 0.6 is 15.9 Å². The van der Waals surface area contributed by atoms with Crippen molar-refractivity contribution in [2.45, 2.75) is 94.6 Å². The first-order chi connectivity index (χ1) is 13.7. The van der Waals surface area contributed by atoms with E-state index in [0.717, 1.165) is 6.07 Å². The normalized spacial score (nSPS) is 26.5. The number of pyridine rings is 1. The van der Waals surface area contributed by atoms with Crippen LogP contribution < -0.4 is 4.72 Å². The van der Waals surface area contributed by atoms with E-state index in [2.05, 4.69) is 25.6 Å². The van der Waals surface area contributed by atoms with E-state index >= 15 is 0 Å². The van der Waals surface area contributed by atoms with Crippen LogP contribution in [-0.2, 0) is 21.0 Å². The Morgan fingerprint density at radius 1 is 1.16 bits per heavy atom. The Morgan fingerprint density at radius 3 is 2.06 bits per heavy atom. The first-order valence-corrected chi connectivity index (χ1v) is 14.8. The van der Waals surface area contributed by atoms with Gasteiger partial charge in [-0.05, 0) is 60.9 Å². The SMILES string of the molecule is CC(C)(C)[S@@](=O)NC1(c2ncc(Br)cc2F)CC(O[Si](C)(C)C(C)(C)C)(C(F)(F)F)C1. The van der Waals surface area contributed by atoms with Gasteiger partial charge in [0.25, 0.3) is 0 Å². The highest BCUT2D eigenvalue weighted by Crippen LogP contribution is 2.60. The van der Waals surface area contributed by atoms with E-state index < -0.39 is 65.1 Å². The summed E-state index contributed by atoms with van der Waals surface area (Å²) in [5, 5.41) is -0.452. The highest BCUT2D eigenvalue weighted by molar-refractivity contribution is 9.10. The van der Waals surface area contributed by atoms with Crippen LogP contribution in [0.2, 0.25) is 18.1 Å². The van der Waals surface area contributed by atoms with Gasteiger partial charge in [-0.2, -0.15) is 13.2 Å². The summed E-state index contributed by atoms with van der Waals surface area (Å²) in [6, 6.07) is 1.15. The summed E-state index contributed by atoms with van der Waals surface area (Å²) in [5.74, 6) is -0.768. The maximum atomic E-state index is 14.8. The molecule has 1 fully saturated rings. The van der Waals surface area contributed by atoms with Gasteiger partial charge in [-0.3, -0.25) is 4.98 Å². The summed E-state index contributed by atoms with van der Waals surface area (Å²) in [7, 11) is -4.58. The zero-order valence-corrected chi connectivity index (χ0v) is 22.5. The molecule has 1 N–H and O–H groups in total. The molecule has 0 bridgehead atoms. The van der Waals surface area contributed by atoms with E-state index in [0.29, 0.717) is 4.47 Å². The molecule has 0 amide bonds. The Kier molecular flexibility index (Phi) is 7.06. The summed E-state index contributed by atoms with van der Waals surface area (Å²) in [6.45, 7) is 14.2. The number of nitrogens with one attached hydrogen (secondary N) is 1. The van der Waals surface area contributed by atoms with Crippen molar-refractivity contribution in [1.82, 2.24) is 9.71 Å². The van der Waals surface area contributed by atoms with E-state index in [1.165, 1.54) is 6.20 Å². The zero-order chi connectivity index (χ0) is 24.3. The van der Waals surface area contributed by atoms with Crippen LogP contribution in [0.3, 0.4) is 0 Å². The lowest BCUT2D eigenvalue weighted by molar-refractivity contribution is -0.298. The van der Waals surface area contributed by atoms with E-state index in [1.807, 2.05) is 20.8 Å². The van der Waals surface area contributed by atoms with Gasteiger partial charge in [0.15, 0.2) is 13.9 Å². The average molecular weight is 548 g/mol. The maximum absolute atomic E-state index is 14.8. The third-order valence-corrected chi connectivity index (χ3v) is 12.7.